The fraction of sp³-hybridized carbons (Fsp3) is 0.400. The largest absolute Gasteiger partial charge is 0.491 e. The molecule has 2 aromatic rings. The van der Waals surface area contributed by atoms with Crippen molar-refractivity contribution >= 4 is 25.5 Å². The number of methoxy groups -OCH3 is 1. The van der Waals surface area contributed by atoms with Crippen molar-refractivity contribution in [3.63, 3.8) is 0 Å². The average Bonchev–Trinajstić information content (AvgIpc) is 3.22. The van der Waals surface area contributed by atoms with Crippen LogP contribution < -0.4 is 15.8 Å². The van der Waals surface area contributed by atoms with E-state index in [4.69, 9.17) is 19.5 Å². The number of amidine groups is 1. The second-order valence-corrected chi connectivity index (χ2v) is 9.77. The summed E-state index contributed by atoms with van der Waals surface area (Å²) in [4.78, 5) is 23.5. The van der Waals surface area contributed by atoms with Gasteiger partial charge in [0, 0.05) is 5.56 Å². The van der Waals surface area contributed by atoms with Crippen molar-refractivity contribution in [1.82, 2.24) is 5.32 Å². The van der Waals surface area contributed by atoms with E-state index in [1.807, 2.05) is 36.4 Å². The van der Waals surface area contributed by atoms with Gasteiger partial charge in [0.1, 0.15) is 18.2 Å². The summed E-state index contributed by atoms with van der Waals surface area (Å²) in [5, 5.41) is 2.86. The molecule has 3 N–H and O–H groups in total. The van der Waals surface area contributed by atoms with E-state index in [9.17, 15) is 14.2 Å². The number of hydrogen-bond donors (Lipinski definition) is 2. The average molecular weight is 518 g/mol. The van der Waals surface area contributed by atoms with E-state index in [2.05, 4.69) is 14.8 Å². The van der Waals surface area contributed by atoms with Crippen molar-refractivity contribution in [1.29, 1.82) is 0 Å². The lowest BCUT2D eigenvalue weighted by Gasteiger charge is -2.13. The number of nitrogens with zero attached hydrogens (tertiary/aromatic N) is 1. The molecule has 1 fully saturated rings. The zero-order chi connectivity index (χ0) is 26.1. The summed E-state index contributed by atoms with van der Waals surface area (Å²) in [6, 6.07) is 14.7. The maximum atomic E-state index is 12.6. The minimum atomic E-state index is -3.64. The number of esters is 1. The Labute approximate surface area is 210 Å². The molecule has 1 aliphatic rings. The van der Waals surface area contributed by atoms with Crippen molar-refractivity contribution in [2.24, 2.45) is 16.4 Å². The Morgan fingerprint density at radius 1 is 1.06 bits per heavy atom. The Balaban J connectivity index is 1.58. The lowest BCUT2D eigenvalue weighted by molar-refractivity contribution is -0.143. The number of nitrogens with one attached hydrogen (secondary N) is 1. The molecule has 2 aromatic carbocycles. The van der Waals surface area contributed by atoms with Crippen molar-refractivity contribution < 1.29 is 32.7 Å². The minimum Gasteiger partial charge on any atom is -0.491 e. The molecular weight excluding hydrogens is 485 g/mol. The van der Waals surface area contributed by atoms with Gasteiger partial charge in [-0.05, 0) is 43.5 Å². The van der Waals surface area contributed by atoms with E-state index >= 15 is 0 Å². The molecule has 11 heteroatoms. The van der Waals surface area contributed by atoms with Gasteiger partial charge >= 0.3 is 13.7 Å². The lowest BCUT2D eigenvalue weighted by Crippen LogP contribution is -2.31. The first-order valence-corrected chi connectivity index (χ1v) is 13.2. The zero-order valence-corrected chi connectivity index (χ0v) is 21.5. The number of carbonyl (C=O) groups is 2. The molecule has 0 unspecified atom stereocenters. The van der Waals surface area contributed by atoms with Crippen LogP contribution in [0.1, 0.15) is 32.3 Å². The van der Waals surface area contributed by atoms with Crippen LogP contribution in [0.25, 0.3) is 11.1 Å². The standard InChI is InChI=1S/C25H32N3O7P/c1-4-34-36(31,35-5-2)28-24(26)19-8-6-17(7-9-19)18-10-12-22(13-11-18)33-16-21-14-20(25(30)27-21)15-23(29)32-3/h6-13,20-21H,4-5,14-16H2,1-3H3,(H,27,30)(H2,26,28,31)/t20-,21-/m0/s1. The van der Waals surface area contributed by atoms with Crippen LogP contribution in [0.4, 0.5) is 0 Å². The smallest absolute Gasteiger partial charge is 0.455 e. The second-order valence-electron chi connectivity index (χ2n) is 8.12. The normalized spacial score (nSPS) is 18.1. The van der Waals surface area contributed by atoms with E-state index in [0.29, 0.717) is 24.3 Å². The quantitative estimate of drug-likeness (QED) is 0.188. The molecule has 0 saturated carbocycles. The van der Waals surface area contributed by atoms with Gasteiger partial charge in [-0.3, -0.25) is 18.6 Å². The van der Waals surface area contributed by atoms with E-state index < -0.39 is 13.7 Å². The van der Waals surface area contributed by atoms with Crippen LogP contribution in [-0.2, 0) is 27.9 Å². The predicted octanol–water partition coefficient (Wildman–Crippen LogP) is 3.69. The summed E-state index contributed by atoms with van der Waals surface area (Å²) in [6.45, 7) is 4.11. The van der Waals surface area contributed by atoms with Crippen molar-refractivity contribution in [2.45, 2.75) is 32.7 Å². The van der Waals surface area contributed by atoms with E-state index in [1.54, 1.807) is 26.0 Å². The van der Waals surface area contributed by atoms with Gasteiger partial charge in [-0.1, -0.05) is 36.4 Å². The maximum Gasteiger partial charge on any atom is 0.455 e. The van der Waals surface area contributed by atoms with Crippen molar-refractivity contribution in [3.8, 4) is 16.9 Å². The molecule has 1 heterocycles. The third kappa shape index (κ3) is 7.40. The van der Waals surface area contributed by atoms with Gasteiger partial charge in [0.25, 0.3) is 0 Å². The summed E-state index contributed by atoms with van der Waals surface area (Å²) >= 11 is 0. The Hall–Kier alpha value is -3.20. The summed E-state index contributed by atoms with van der Waals surface area (Å²) in [7, 11) is -2.33. The first-order valence-electron chi connectivity index (χ1n) is 11.7. The minimum absolute atomic E-state index is 0.0716. The molecule has 3 rings (SSSR count). The molecule has 0 bridgehead atoms. The molecule has 0 spiro atoms. The Morgan fingerprint density at radius 2 is 1.64 bits per heavy atom. The predicted molar refractivity (Wildman–Crippen MR) is 136 cm³/mol. The highest BCUT2D eigenvalue weighted by Crippen LogP contribution is 2.49. The van der Waals surface area contributed by atoms with Crippen LogP contribution in [0.2, 0.25) is 0 Å². The number of ether oxygens (including phenoxy) is 2. The second kappa shape index (κ2) is 12.7. The van der Waals surface area contributed by atoms with Gasteiger partial charge in [0.15, 0.2) is 0 Å². The first-order chi connectivity index (χ1) is 17.3. The molecule has 194 valence electrons. The molecule has 0 aromatic heterocycles. The highest BCUT2D eigenvalue weighted by molar-refractivity contribution is 7.52. The van der Waals surface area contributed by atoms with Crippen molar-refractivity contribution in [3.05, 3.63) is 54.1 Å². The van der Waals surface area contributed by atoms with Gasteiger partial charge in [-0.25, -0.2) is 4.57 Å². The van der Waals surface area contributed by atoms with E-state index in [1.165, 1.54) is 7.11 Å². The SMILES string of the molecule is CCOP(=O)(N=C(N)c1ccc(-c2ccc(OC[C@@H]3C[C@@H](CC(=O)OC)C(=O)N3)cc2)cc1)OCC. The molecule has 2 atom stereocenters. The van der Waals surface area contributed by atoms with Gasteiger partial charge in [0.05, 0.1) is 38.7 Å². The van der Waals surface area contributed by atoms with E-state index in [0.717, 1.165) is 11.1 Å². The van der Waals surface area contributed by atoms with Crippen LogP contribution >= 0.6 is 7.75 Å². The fourth-order valence-corrected chi connectivity index (χ4v) is 5.01. The molecule has 0 aliphatic carbocycles. The highest BCUT2D eigenvalue weighted by atomic mass is 31.2. The molecule has 1 saturated heterocycles. The molecule has 0 radical (unpaired) electrons. The van der Waals surface area contributed by atoms with Crippen molar-refractivity contribution in [2.75, 3.05) is 26.9 Å². The Bertz CT molecular complexity index is 1110. The number of carbonyl (C=O) groups excluding carboxylic acids is 2. The lowest BCUT2D eigenvalue weighted by atomic mass is 10.0. The summed E-state index contributed by atoms with van der Waals surface area (Å²) < 4.78 is 37.4. The van der Waals surface area contributed by atoms with Crippen LogP contribution in [0.15, 0.2) is 53.3 Å². The number of amides is 1. The zero-order valence-electron chi connectivity index (χ0n) is 20.6. The van der Waals surface area contributed by atoms with Gasteiger partial charge < -0.3 is 20.5 Å². The number of nitrogens with two attached hydrogens (primary N) is 1. The molecule has 10 nitrogen and oxygen atoms in total. The van der Waals surface area contributed by atoms with Gasteiger partial charge in [-0.15, -0.1) is 0 Å². The first kappa shape index (κ1) is 27.4. The summed E-state index contributed by atoms with van der Waals surface area (Å²) in [5.41, 5.74) is 8.55. The number of rotatable bonds is 12. The monoisotopic (exact) mass is 517 g/mol. The fourth-order valence-electron chi connectivity index (χ4n) is 3.78. The third-order valence-electron chi connectivity index (χ3n) is 5.56. The van der Waals surface area contributed by atoms with Crippen LogP contribution in [0.5, 0.6) is 5.75 Å². The van der Waals surface area contributed by atoms with Crippen LogP contribution in [-0.4, -0.2) is 50.7 Å². The summed E-state index contributed by atoms with van der Waals surface area (Å²) in [5.74, 6) is -0.201. The molecule has 1 amide bonds. The number of hydrogen-bond acceptors (Lipinski definition) is 7. The molecular formula is C25H32N3O7P. The molecule has 36 heavy (non-hydrogen) atoms. The molecule has 1 aliphatic heterocycles. The van der Waals surface area contributed by atoms with E-state index in [-0.39, 0.29) is 43.3 Å². The topological polar surface area (TPSA) is 139 Å². The maximum absolute atomic E-state index is 12.6. The highest BCUT2D eigenvalue weighted by Gasteiger charge is 2.34. The Morgan fingerprint density at radius 3 is 2.19 bits per heavy atom. The van der Waals surface area contributed by atoms with Crippen LogP contribution in [0.3, 0.4) is 0 Å². The Kier molecular flexibility index (Phi) is 9.64. The summed E-state index contributed by atoms with van der Waals surface area (Å²) in [6.07, 6.45) is 0.595. The van der Waals surface area contributed by atoms with Crippen LogP contribution in [0, 0.1) is 5.92 Å². The third-order valence-corrected chi connectivity index (χ3v) is 7.19. The number of benzene rings is 2. The van der Waals surface area contributed by atoms with Gasteiger partial charge in [-0.2, -0.15) is 4.76 Å². The van der Waals surface area contributed by atoms with Gasteiger partial charge in [0.2, 0.25) is 5.91 Å².